The van der Waals surface area contributed by atoms with Crippen LogP contribution < -0.4 is 4.74 Å². The molecule has 0 bridgehead atoms. The molecule has 0 aliphatic carbocycles. The lowest BCUT2D eigenvalue weighted by molar-refractivity contribution is 0.318. The van der Waals surface area contributed by atoms with E-state index in [0.29, 0.717) is 23.6 Å². The van der Waals surface area contributed by atoms with E-state index in [1.807, 2.05) is 32.0 Å². The largest absolute Gasteiger partial charge is 0.503 e. The minimum absolute atomic E-state index is 0.113. The van der Waals surface area contributed by atoms with Crippen LogP contribution in [-0.2, 0) is 0 Å². The molecule has 2 N–H and O–H groups in total. The van der Waals surface area contributed by atoms with Gasteiger partial charge in [0.15, 0.2) is 11.5 Å². The zero-order valence-corrected chi connectivity index (χ0v) is 14.6. The van der Waals surface area contributed by atoms with Gasteiger partial charge in [-0.25, -0.2) is 4.98 Å². The second kappa shape index (κ2) is 6.88. The Hall–Kier alpha value is -2.97. The normalized spacial score (nSPS) is 11.5. The summed E-state index contributed by atoms with van der Waals surface area (Å²) in [6, 6.07) is 11.2. The summed E-state index contributed by atoms with van der Waals surface area (Å²) in [4.78, 5) is 7.62. The molecule has 1 heterocycles. The summed E-state index contributed by atoms with van der Waals surface area (Å²) < 4.78 is 5.37. The smallest absolute Gasteiger partial charge is 0.176 e. The van der Waals surface area contributed by atoms with Gasteiger partial charge in [-0.1, -0.05) is 17.7 Å². The third-order valence-corrected chi connectivity index (χ3v) is 3.96. The molecule has 0 spiro atoms. The van der Waals surface area contributed by atoms with E-state index in [4.69, 9.17) is 16.3 Å². The Bertz CT molecular complexity index is 1020. The van der Waals surface area contributed by atoms with Crippen LogP contribution in [0.5, 0.6) is 11.5 Å². The summed E-state index contributed by atoms with van der Waals surface area (Å²) in [5, 5.41) is 19.6. The molecule has 25 heavy (non-hydrogen) atoms. The van der Waals surface area contributed by atoms with Gasteiger partial charge in [-0.2, -0.15) is 5.26 Å². The van der Waals surface area contributed by atoms with Crippen LogP contribution >= 0.6 is 11.6 Å². The number of hydrogen-bond acceptors (Lipinski definition) is 4. The van der Waals surface area contributed by atoms with E-state index in [1.165, 1.54) is 0 Å². The maximum absolute atomic E-state index is 9.92. The van der Waals surface area contributed by atoms with Gasteiger partial charge in [0, 0.05) is 0 Å². The number of allylic oxidation sites excluding steroid dienone is 1. The lowest BCUT2D eigenvalue weighted by Crippen LogP contribution is -1.93. The van der Waals surface area contributed by atoms with Gasteiger partial charge >= 0.3 is 0 Å². The van der Waals surface area contributed by atoms with Gasteiger partial charge in [0.2, 0.25) is 0 Å². The van der Waals surface area contributed by atoms with Gasteiger partial charge < -0.3 is 14.8 Å². The highest BCUT2D eigenvalue weighted by Gasteiger charge is 2.12. The Kier molecular flexibility index (Phi) is 4.64. The Balaban J connectivity index is 2.06. The highest BCUT2D eigenvalue weighted by molar-refractivity contribution is 6.32. The van der Waals surface area contributed by atoms with Crippen LogP contribution in [0.25, 0.3) is 22.7 Å². The van der Waals surface area contributed by atoms with Crippen LogP contribution in [0.2, 0.25) is 5.02 Å². The number of rotatable bonds is 4. The fraction of sp³-hybridized carbons (Fsp3) is 0.158. The van der Waals surface area contributed by atoms with Crippen LogP contribution in [0.15, 0.2) is 30.3 Å². The first-order valence-electron chi connectivity index (χ1n) is 7.75. The summed E-state index contributed by atoms with van der Waals surface area (Å²) in [6.07, 6.45) is 1.65. The summed E-state index contributed by atoms with van der Waals surface area (Å²) >= 11 is 6.04. The molecule has 0 aliphatic heterocycles. The van der Waals surface area contributed by atoms with Crippen molar-refractivity contribution in [1.29, 1.82) is 5.26 Å². The number of ether oxygens (including phenoxy) is 1. The molecule has 1 aromatic heterocycles. The van der Waals surface area contributed by atoms with Crippen molar-refractivity contribution in [2.24, 2.45) is 0 Å². The summed E-state index contributed by atoms with van der Waals surface area (Å²) in [6.45, 7) is 4.20. The number of imidazole rings is 1. The molecule has 0 amide bonds. The number of aryl methyl sites for hydroxylation is 1. The number of halogens is 1. The van der Waals surface area contributed by atoms with Crippen LogP contribution in [-0.4, -0.2) is 21.7 Å². The molecule has 126 valence electrons. The Morgan fingerprint density at radius 1 is 1.40 bits per heavy atom. The van der Waals surface area contributed by atoms with Crippen molar-refractivity contribution in [3.05, 3.63) is 52.3 Å². The Morgan fingerprint density at radius 3 is 2.92 bits per heavy atom. The fourth-order valence-electron chi connectivity index (χ4n) is 2.51. The maximum Gasteiger partial charge on any atom is 0.176 e. The van der Waals surface area contributed by atoms with E-state index in [1.54, 1.807) is 18.2 Å². The second-order valence-electron chi connectivity index (χ2n) is 5.56. The molecule has 2 aromatic carbocycles. The number of phenolic OH excluding ortho intramolecular Hbond substituents is 1. The van der Waals surface area contributed by atoms with Gasteiger partial charge in [0.25, 0.3) is 0 Å². The zero-order chi connectivity index (χ0) is 18.0. The first kappa shape index (κ1) is 16.9. The highest BCUT2D eigenvalue weighted by atomic mass is 35.5. The number of aromatic hydroxyl groups is 1. The topological polar surface area (TPSA) is 81.9 Å². The predicted octanol–water partition coefficient (Wildman–Crippen LogP) is 4.69. The Morgan fingerprint density at radius 2 is 2.20 bits per heavy atom. The van der Waals surface area contributed by atoms with Crippen molar-refractivity contribution >= 4 is 34.3 Å². The third kappa shape index (κ3) is 3.44. The molecule has 0 atom stereocenters. The van der Waals surface area contributed by atoms with Crippen LogP contribution in [0, 0.1) is 18.3 Å². The lowest BCUT2D eigenvalue weighted by atomic mass is 10.1. The molecule has 0 fully saturated rings. The molecule has 0 unspecified atom stereocenters. The lowest BCUT2D eigenvalue weighted by Gasteiger charge is -2.08. The van der Waals surface area contributed by atoms with Crippen molar-refractivity contribution in [1.82, 2.24) is 9.97 Å². The number of hydrogen-bond donors (Lipinski definition) is 2. The molecule has 3 rings (SSSR count). The van der Waals surface area contributed by atoms with Crippen LogP contribution in [0.1, 0.15) is 23.9 Å². The van der Waals surface area contributed by atoms with E-state index in [9.17, 15) is 10.4 Å². The van der Waals surface area contributed by atoms with E-state index in [0.717, 1.165) is 16.6 Å². The SMILES string of the molecule is CCOc1cc(C=C(C#N)c2nc3ccc(C)cc3[nH]2)cc(Cl)c1O. The number of aromatic amines is 1. The van der Waals surface area contributed by atoms with Gasteiger partial charge in [-0.15, -0.1) is 0 Å². The molecule has 0 aliphatic rings. The number of phenols is 1. The van der Waals surface area contributed by atoms with Crippen LogP contribution in [0.4, 0.5) is 0 Å². The first-order chi connectivity index (χ1) is 12.0. The zero-order valence-electron chi connectivity index (χ0n) is 13.8. The van der Waals surface area contributed by atoms with Gasteiger partial charge in [-0.3, -0.25) is 0 Å². The standard InChI is InChI=1S/C19H16ClN3O2/c1-3-25-17-9-12(8-14(20)18(17)24)7-13(10-21)19-22-15-5-4-11(2)6-16(15)23-19/h4-9,24H,3H2,1-2H3,(H,22,23). The van der Waals surface area contributed by atoms with Crippen molar-refractivity contribution < 1.29 is 9.84 Å². The number of nitrogens with zero attached hydrogens (tertiary/aromatic N) is 2. The number of aromatic nitrogens is 2. The molecule has 0 saturated heterocycles. The van der Waals surface area contributed by atoms with E-state index < -0.39 is 0 Å². The molecule has 3 aromatic rings. The predicted molar refractivity (Wildman–Crippen MR) is 98.6 cm³/mol. The summed E-state index contributed by atoms with van der Waals surface area (Å²) in [7, 11) is 0. The van der Waals surface area contributed by atoms with Crippen LogP contribution in [0.3, 0.4) is 0 Å². The number of H-pyrrole nitrogens is 1. The highest BCUT2D eigenvalue weighted by Crippen LogP contribution is 2.36. The number of nitriles is 1. The summed E-state index contributed by atoms with van der Waals surface area (Å²) in [5.74, 6) is 0.641. The number of benzene rings is 2. The van der Waals surface area contributed by atoms with Crippen molar-refractivity contribution in [3.63, 3.8) is 0 Å². The van der Waals surface area contributed by atoms with E-state index in [2.05, 4.69) is 16.0 Å². The summed E-state index contributed by atoms with van der Waals surface area (Å²) in [5.41, 5.74) is 3.77. The second-order valence-corrected chi connectivity index (χ2v) is 5.97. The van der Waals surface area contributed by atoms with Crippen molar-refractivity contribution in [2.45, 2.75) is 13.8 Å². The van der Waals surface area contributed by atoms with E-state index in [-0.39, 0.29) is 16.5 Å². The monoisotopic (exact) mass is 353 g/mol. The molecule has 0 radical (unpaired) electrons. The van der Waals surface area contributed by atoms with Gasteiger partial charge in [0.05, 0.1) is 28.2 Å². The van der Waals surface area contributed by atoms with Gasteiger partial charge in [-0.05, 0) is 55.3 Å². The van der Waals surface area contributed by atoms with E-state index >= 15 is 0 Å². The van der Waals surface area contributed by atoms with Crippen molar-refractivity contribution in [2.75, 3.05) is 6.61 Å². The maximum atomic E-state index is 9.92. The molecule has 6 heteroatoms. The number of nitrogens with one attached hydrogen (secondary N) is 1. The Labute approximate surface area is 150 Å². The quantitative estimate of drug-likeness (QED) is 0.666. The molecule has 5 nitrogen and oxygen atoms in total. The van der Waals surface area contributed by atoms with Crippen molar-refractivity contribution in [3.8, 4) is 17.6 Å². The minimum Gasteiger partial charge on any atom is -0.503 e. The number of fused-ring (bicyclic) bond motifs is 1. The third-order valence-electron chi connectivity index (χ3n) is 3.67. The fourth-order valence-corrected chi connectivity index (χ4v) is 2.73. The molecular formula is C19H16ClN3O2. The van der Waals surface area contributed by atoms with Gasteiger partial charge in [0.1, 0.15) is 11.9 Å². The molecular weight excluding hydrogens is 338 g/mol. The minimum atomic E-state index is -0.113. The molecule has 0 saturated carbocycles. The average Bonchev–Trinajstić information content (AvgIpc) is 3.00. The average molecular weight is 354 g/mol. The first-order valence-corrected chi connectivity index (χ1v) is 8.13.